The van der Waals surface area contributed by atoms with Crippen LogP contribution in [0.2, 0.25) is 0 Å². The molecule has 0 amide bonds. The first kappa shape index (κ1) is 25.8. The van der Waals surface area contributed by atoms with E-state index in [0.717, 1.165) is 45.9 Å². The zero-order chi connectivity index (χ0) is 19.0. The van der Waals surface area contributed by atoms with Crippen molar-refractivity contribution in [2.24, 2.45) is 0 Å². The van der Waals surface area contributed by atoms with Gasteiger partial charge < -0.3 is 21.3 Å². The molecule has 0 atom stereocenters. The van der Waals surface area contributed by atoms with Crippen LogP contribution in [0.5, 0.6) is 0 Å². The Morgan fingerprint density at radius 3 is 1.27 bits per heavy atom. The molecule has 26 heavy (non-hydrogen) atoms. The Balaban J connectivity index is 0.000000485. The van der Waals surface area contributed by atoms with Crippen LogP contribution in [0.25, 0.3) is 0 Å². The maximum Gasteiger partial charge on any atom is 0.0454 e. The highest BCUT2D eigenvalue weighted by molar-refractivity contribution is 4.57. The minimum atomic E-state index is 0.932. The Hall–Kier alpha value is -0.160. The molecule has 0 aliphatic carbocycles. The lowest BCUT2D eigenvalue weighted by molar-refractivity contribution is 0.513. The van der Waals surface area contributed by atoms with Gasteiger partial charge in [-0.2, -0.15) is 0 Å². The van der Waals surface area contributed by atoms with Crippen molar-refractivity contribution >= 4 is 0 Å². The lowest BCUT2D eigenvalue weighted by atomic mass is 10.1. The molecule has 0 radical (unpaired) electrons. The fraction of sp³-hybridized carbons (Fsp3) is 1.00. The van der Waals surface area contributed by atoms with E-state index in [4.69, 9.17) is 0 Å². The summed E-state index contributed by atoms with van der Waals surface area (Å²) in [6.45, 7) is 12.0. The molecule has 1 aliphatic heterocycles. The molecule has 0 aromatic heterocycles. The summed E-state index contributed by atoms with van der Waals surface area (Å²) in [5.74, 6) is 0. The summed E-state index contributed by atoms with van der Waals surface area (Å²) in [6.07, 6.45) is 18.6. The van der Waals surface area contributed by atoms with Gasteiger partial charge in [0.2, 0.25) is 0 Å². The van der Waals surface area contributed by atoms with Crippen molar-refractivity contribution in [2.75, 3.05) is 45.9 Å². The Kier molecular flexibility index (Phi) is 24.7. The number of hydrogen-bond acceptors (Lipinski definition) is 4. The standard InChI is InChI=1S/C14H30.C8H20N4/c1-3-5-7-9-11-13-14-12-10-8-6-4-2;1-2-9-4-5-10-6-7-12-8-11-3-1/h3-14H2,1-2H3;9-12H,1-8H2. The number of nitrogens with one attached hydrogen (secondary N) is 4. The Bertz CT molecular complexity index is 181. The molecule has 0 spiro atoms. The van der Waals surface area contributed by atoms with Crippen molar-refractivity contribution in [1.82, 2.24) is 21.3 Å². The normalized spacial score (nSPS) is 16.8. The Labute approximate surface area is 165 Å². The molecule has 1 heterocycles. The fourth-order valence-corrected chi connectivity index (χ4v) is 3.12. The first-order valence-electron chi connectivity index (χ1n) is 11.7. The third-order valence-corrected chi connectivity index (χ3v) is 4.87. The van der Waals surface area contributed by atoms with Crippen LogP contribution >= 0.6 is 0 Å². The van der Waals surface area contributed by atoms with E-state index >= 15 is 0 Å². The van der Waals surface area contributed by atoms with Gasteiger partial charge in [0, 0.05) is 32.8 Å². The lowest BCUT2D eigenvalue weighted by Gasteiger charge is -2.11. The summed E-state index contributed by atoms with van der Waals surface area (Å²) in [7, 11) is 0. The van der Waals surface area contributed by atoms with Crippen LogP contribution in [0.3, 0.4) is 0 Å². The van der Waals surface area contributed by atoms with E-state index in [1.807, 2.05) is 0 Å². The third kappa shape index (κ3) is 23.8. The molecule has 0 aromatic rings. The highest BCUT2D eigenvalue weighted by Gasteiger charge is 1.93. The summed E-state index contributed by atoms with van der Waals surface area (Å²) in [5.41, 5.74) is 0. The first-order valence-corrected chi connectivity index (χ1v) is 11.7. The molecular weight excluding hydrogens is 320 g/mol. The van der Waals surface area contributed by atoms with E-state index < -0.39 is 0 Å². The summed E-state index contributed by atoms with van der Waals surface area (Å²) in [6, 6.07) is 0. The van der Waals surface area contributed by atoms with E-state index in [2.05, 4.69) is 35.1 Å². The second-order valence-corrected chi connectivity index (χ2v) is 7.57. The van der Waals surface area contributed by atoms with Gasteiger partial charge in [-0.1, -0.05) is 90.9 Å². The maximum absolute atomic E-state index is 3.38. The lowest BCUT2D eigenvalue weighted by Crippen LogP contribution is -2.38. The van der Waals surface area contributed by atoms with Gasteiger partial charge in [-0.05, 0) is 19.5 Å². The average molecular weight is 371 g/mol. The monoisotopic (exact) mass is 370 g/mol. The molecule has 4 nitrogen and oxygen atoms in total. The van der Waals surface area contributed by atoms with Gasteiger partial charge in [0.15, 0.2) is 0 Å². The van der Waals surface area contributed by atoms with Crippen molar-refractivity contribution in [2.45, 2.75) is 97.3 Å². The molecule has 158 valence electrons. The summed E-state index contributed by atoms with van der Waals surface area (Å²) in [4.78, 5) is 0. The van der Waals surface area contributed by atoms with Gasteiger partial charge in [-0.25, -0.2) is 0 Å². The molecule has 0 aromatic carbocycles. The molecule has 1 fully saturated rings. The highest BCUT2D eigenvalue weighted by Crippen LogP contribution is 2.11. The third-order valence-electron chi connectivity index (χ3n) is 4.87. The SMILES string of the molecule is C1CNCCNCCNCNC1.CCCCCCCCCCCCCC. The zero-order valence-corrected chi connectivity index (χ0v) is 18.1. The Morgan fingerprint density at radius 2 is 0.769 bits per heavy atom. The van der Waals surface area contributed by atoms with Crippen molar-refractivity contribution in [1.29, 1.82) is 0 Å². The molecule has 0 saturated carbocycles. The number of unbranched alkanes of at least 4 members (excludes halogenated alkanes) is 11. The van der Waals surface area contributed by atoms with Crippen LogP contribution in [-0.4, -0.2) is 45.9 Å². The van der Waals surface area contributed by atoms with E-state index in [1.165, 1.54) is 83.5 Å². The summed E-state index contributed by atoms with van der Waals surface area (Å²) in [5, 5.41) is 13.4. The van der Waals surface area contributed by atoms with E-state index in [1.54, 1.807) is 0 Å². The molecule has 4 heteroatoms. The highest BCUT2D eigenvalue weighted by atomic mass is 15.1. The van der Waals surface area contributed by atoms with Gasteiger partial charge in [-0.3, -0.25) is 0 Å². The van der Waals surface area contributed by atoms with Crippen LogP contribution in [0.4, 0.5) is 0 Å². The summed E-state index contributed by atoms with van der Waals surface area (Å²) < 4.78 is 0. The predicted octanol–water partition coefficient (Wildman–Crippen LogP) is 4.41. The number of rotatable bonds is 11. The number of hydrogen-bond donors (Lipinski definition) is 4. The minimum Gasteiger partial charge on any atom is -0.315 e. The first-order chi connectivity index (χ1) is 12.9. The smallest absolute Gasteiger partial charge is 0.0454 e. The van der Waals surface area contributed by atoms with E-state index in [-0.39, 0.29) is 0 Å². The Morgan fingerprint density at radius 1 is 0.423 bits per heavy atom. The zero-order valence-electron chi connectivity index (χ0n) is 18.1. The largest absolute Gasteiger partial charge is 0.315 e. The summed E-state index contributed by atoms with van der Waals surface area (Å²) >= 11 is 0. The van der Waals surface area contributed by atoms with E-state index in [0.29, 0.717) is 0 Å². The van der Waals surface area contributed by atoms with Crippen molar-refractivity contribution < 1.29 is 0 Å². The van der Waals surface area contributed by atoms with Crippen molar-refractivity contribution in [3.63, 3.8) is 0 Å². The van der Waals surface area contributed by atoms with Crippen LogP contribution in [0.1, 0.15) is 97.3 Å². The molecule has 1 saturated heterocycles. The second-order valence-electron chi connectivity index (χ2n) is 7.57. The molecule has 4 N–H and O–H groups in total. The molecule has 1 rings (SSSR count). The van der Waals surface area contributed by atoms with Crippen molar-refractivity contribution in [3.05, 3.63) is 0 Å². The predicted molar refractivity (Wildman–Crippen MR) is 118 cm³/mol. The fourth-order valence-electron chi connectivity index (χ4n) is 3.12. The molecule has 1 aliphatic rings. The molecular formula is C22H50N4. The van der Waals surface area contributed by atoms with Crippen molar-refractivity contribution in [3.8, 4) is 0 Å². The molecule has 0 bridgehead atoms. The quantitative estimate of drug-likeness (QED) is 0.407. The molecule has 0 unspecified atom stereocenters. The van der Waals surface area contributed by atoms with Gasteiger partial charge >= 0.3 is 0 Å². The topological polar surface area (TPSA) is 48.1 Å². The van der Waals surface area contributed by atoms with Gasteiger partial charge in [0.05, 0.1) is 0 Å². The van der Waals surface area contributed by atoms with Gasteiger partial charge in [0.25, 0.3) is 0 Å². The van der Waals surface area contributed by atoms with E-state index in [9.17, 15) is 0 Å². The maximum atomic E-state index is 3.38. The average Bonchev–Trinajstić information content (AvgIpc) is 2.64. The van der Waals surface area contributed by atoms with Crippen LogP contribution in [0.15, 0.2) is 0 Å². The van der Waals surface area contributed by atoms with Crippen LogP contribution < -0.4 is 21.3 Å². The van der Waals surface area contributed by atoms with Crippen LogP contribution in [-0.2, 0) is 0 Å². The van der Waals surface area contributed by atoms with Gasteiger partial charge in [-0.15, -0.1) is 0 Å². The van der Waals surface area contributed by atoms with Gasteiger partial charge in [0.1, 0.15) is 0 Å². The van der Waals surface area contributed by atoms with Crippen LogP contribution in [0, 0.1) is 0 Å². The minimum absolute atomic E-state index is 0.932. The second kappa shape index (κ2) is 24.8.